The molecule has 0 saturated heterocycles. The van der Waals surface area contributed by atoms with Gasteiger partial charge in [0.15, 0.2) is 0 Å². The molecule has 0 atom stereocenters. The van der Waals surface area contributed by atoms with E-state index in [1.165, 1.54) is 12.1 Å². The van der Waals surface area contributed by atoms with Crippen LogP contribution in [0.3, 0.4) is 0 Å². The first-order valence-corrected chi connectivity index (χ1v) is 9.93. The van der Waals surface area contributed by atoms with Crippen molar-refractivity contribution in [3.05, 3.63) is 59.7 Å². The third-order valence-electron chi connectivity index (χ3n) is 3.64. The SMILES string of the molecule is Cc1ccc(CN(CC(=O)Nc2ccc(OC(F)(F)F)cc2)S(C)(=O)=O)cc1. The number of halogens is 3. The predicted molar refractivity (Wildman–Crippen MR) is 98.2 cm³/mol. The Bertz CT molecular complexity index is 911. The van der Waals surface area contributed by atoms with Crippen LogP contribution in [0.25, 0.3) is 0 Å². The maximum atomic E-state index is 12.2. The van der Waals surface area contributed by atoms with Crippen LogP contribution in [-0.2, 0) is 21.4 Å². The lowest BCUT2D eigenvalue weighted by molar-refractivity contribution is -0.274. The molecule has 0 spiro atoms. The molecule has 6 nitrogen and oxygen atoms in total. The highest BCUT2D eigenvalue weighted by molar-refractivity contribution is 7.88. The third-order valence-corrected chi connectivity index (χ3v) is 4.84. The average Bonchev–Trinajstić information content (AvgIpc) is 2.56. The number of sulfonamides is 1. The highest BCUT2D eigenvalue weighted by atomic mass is 32.2. The summed E-state index contributed by atoms with van der Waals surface area (Å²) in [4.78, 5) is 12.2. The van der Waals surface area contributed by atoms with Crippen molar-refractivity contribution in [2.24, 2.45) is 0 Å². The van der Waals surface area contributed by atoms with E-state index in [2.05, 4.69) is 10.1 Å². The van der Waals surface area contributed by atoms with Gasteiger partial charge in [0.2, 0.25) is 15.9 Å². The molecule has 0 unspecified atom stereocenters. The minimum Gasteiger partial charge on any atom is -0.406 e. The predicted octanol–water partition coefficient (Wildman–Crippen LogP) is 3.29. The van der Waals surface area contributed by atoms with E-state index in [4.69, 9.17) is 0 Å². The minimum atomic E-state index is -4.81. The van der Waals surface area contributed by atoms with Crippen molar-refractivity contribution in [1.82, 2.24) is 4.31 Å². The summed E-state index contributed by atoms with van der Waals surface area (Å²) in [5.74, 6) is -1.05. The second-order valence-corrected chi connectivity index (χ2v) is 8.12. The molecule has 1 amide bonds. The number of nitrogens with one attached hydrogen (secondary N) is 1. The molecule has 0 aliphatic carbocycles. The summed E-state index contributed by atoms with van der Waals surface area (Å²) in [5, 5.41) is 2.45. The smallest absolute Gasteiger partial charge is 0.406 e. The lowest BCUT2D eigenvalue weighted by Crippen LogP contribution is -2.36. The molecule has 28 heavy (non-hydrogen) atoms. The average molecular weight is 416 g/mol. The number of hydrogen-bond acceptors (Lipinski definition) is 4. The number of benzene rings is 2. The van der Waals surface area contributed by atoms with Crippen molar-refractivity contribution >= 4 is 21.6 Å². The monoisotopic (exact) mass is 416 g/mol. The zero-order valence-electron chi connectivity index (χ0n) is 15.2. The Balaban J connectivity index is 2.02. The van der Waals surface area contributed by atoms with Crippen molar-refractivity contribution in [2.45, 2.75) is 19.8 Å². The number of aryl methyl sites for hydroxylation is 1. The van der Waals surface area contributed by atoms with Gasteiger partial charge in [0, 0.05) is 12.2 Å². The van der Waals surface area contributed by atoms with E-state index < -0.39 is 34.6 Å². The maximum Gasteiger partial charge on any atom is 0.573 e. The van der Waals surface area contributed by atoms with Crippen LogP contribution in [0.1, 0.15) is 11.1 Å². The summed E-state index contributed by atoms with van der Waals surface area (Å²) in [6.45, 7) is 1.48. The van der Waals surface area contributed by atoms with Crippen LogP contribution in [0.15, 0.2) is 48.5 Å². The number of carbonyl (C=O) groups is 1. The van der Waals surface area contributed by atoms with E-state index >= 15 is 0 Å². The van der Waals surface area contributed by atoms with Gasteiger partial charge in [-0.25, -0.2) is 8.42 Å². The van der Waals surface area contributed by atoms with Gasteiger partial charge in [-0.3, -0.25) is 4.79 Å². The summed E-state index contributed by atoms with van der Waals surface area (Å²) in [7, 11) is -3.66. The molecule has 2 aromatic carbocycles. The molecule has 0 bridgehead atoms. The Labute approximate surface area is 161 Å². The Morgan fingerprint density at radius 2 is 1.64 bits per heavy atom. The molecule has 0 heterocycles. The third kappa shape index (κ3) is 7.20. The van der Waals surface area contributed by atoms with E-state index in [-0.39, 0.29) is 12.2 Å². The molecule has 0 saturated carbocycles. The van der Waals surface area contributed by atoms with Crippen LogP contribution in [0, 0.1) is 6.92 Å². The number of carbonyl (C=O) groups excluding carboxylic acids is 1. The molecule has 2 aromatic rings. The van der Waals surface area contributed by atoms with Gasteiger partial charge >= 0.3 is 6.36 Å². The molecule has 0 aliphatic heterocycles. The van der Waals surface area contributed by atoms with Gasteiger partial charge in [-0.1, -0.05) is 29.8 Å². The molecule has 0 aliphatic rings. The molecule has 0 fully saturated rings. The second-order valence-electron chi connectivity index (χ2n) is 6.14. The van der Waals surface area contributed by atoms with Gasteiger partial charge in [0.05, 0.1) is 12.8 Å². The lowest BCUT2D eigenvalue weighted by atomic mass is 10.1. The van der Waals surface area contributed by atoms with E-state index in [1.54, 1.807) is 12.1 Å². The van der Waals surface area contributed by atoms with Gasteiger partial charge in [0.1, 0.15) is 5.75 Å². The summed E-state index contributed by atoms with van der Waals surface area (Å²) < 4.78 is 65.2. The van der Waals surface area contributed by atoms with E-state index in [1.807, 2.05) is 19.1 Å². The topological polar surface area (TPSA) is 75.7 Å². The maximum absolute atomic E-state index is 12.2. The van der Waals surface area contributed by atoms with Crippen LogP contribution in [-0.4, -0.2) is 37.8 Å². The first kappa shape index (κ1) is 21.7. The van der Waals surface area contributed by atoms with Crippen molar-refractivity contribution in [2.75, 3.05) is 18.1 Å². The van der Waals surface area contributed by atoms with Crippen molar-refractivity contribution in [3.8, 4) is 5.75 Å². The quantitative estimate of drug-likeness (QED) is 0.752. The van der Waals surface area contributed by atoms with Crippen molar-refractivity contribution in [3.63, 3.8) is 0 Å². The van der Waals surface area contributed by atoms with E-state index in [0.29, 0.717) is 0 Å². The van der Waals surface area contributed by atoms with Gasteiger partial charge < -0.3 is 10.1 Å². The van der Waals surface area contributed by atoms with E-state index in [0.717, 1.165) is 33.8 Å². The zero-order valence-corrected chi connectivity index (χ0v) is 16.0. The fourth-order valence-corrected chi connectivity index (χ4v) is 3.02. The number of rotatable bonds is 7. The van der Waals surface area contributed by atoms with E-state index in [9.17, 15) is 26.4 Å². The van der Waals surface area contributed by atoms with Gasteiger partial charge in [-0.05, 0) is 36.8 Å². The van der Waals surface area contributed by atoms with Crippen LogP contribution in [0.4, 0.5) is 18.9 Å². The second kappa shape index (κ2) is 8.61. The zero-order chi connectivity index (χ0) is 20.9. The Kier molecular flexibility index (Phi) is 6.68. The Morgan fingerprint density at radius 1 is 1.07 bits per heavy atom. The van der Waals surface area contributed by atoms with Crippen molar-refractivity contribution < 1.29 is 31.1 Å². The Morgan fingerprint density at radius 3 is 2.14 bits per heavy atom. The molecular formula is C18H19F3N2O4S. The number of ether oxygens (including phenoxy) is 1. The van der Waals surface area contributed by atoms with Crippen LogP contribution >= 0.6 is 0 Å². The molecule has 0 aromatic heterocycles. The van der Waals surface area contributed by atoms with Gasteiger partial charge in [-0.15, -0.1) is 13.2 Å². The number of amides is 1. The molecule has 2 rings (SSSR count). The number of anilines is 1. The first-order chi connectivity index (χ1) is 12.9. The summed E-state index contributed by atoms with van der Waals surface area (Å²) in [6.07, 6.45) is -3.81. The fourth-order valence-electron chi connectivity index (χ4n) is 2.29. The molecule has 10 heteroatoms. The van der Waals surface area contributed by atoms with Crippen LogP contribution in [0.5, 0.6) is 5.75 Å². The highest BCUT2D eigenvalue weighted by Crippen LogP contribution is 2.24. The highest BCUT2D eigenvalue weighted by Gasteiger charge is 2.31. The van der Waals surface area contributed by atoms with Crippen molar-refractivity contribution in [1.29, 1.82) is 0 Å². The minimum absolute atomic E-state index is 0.0187. The molecule has 0 radical (unpaired) electrons. The normalized spacial score (nSPS) is 12.1. The molecular weight excluding hydrogens is 397 g/mol. The summed E-state index contributed by atoms with van der Waals surface area (Å²) >= 11 is 0. The number of nitrogens with zero attached hydrogens (tertiary/aromatic N) is 1. The fraction of sp³-hybridized carbons (Fsp3) is 0.278. The first-order valence-electron chi connectivity index (χ1n) is 8.09. The summed E-state index contributed by atoms with van der Waals surface area (Å²) in [5.41, 5.74) is 1.95. The molecule has 1 N–H and O–H groups in total. The van der Waals surface area contributed by atoms with Gasteiger partial charge in [-0.2, -0.15) is 4.31 Å². The standard InChI is InChI=1S/C18H19F3N2O4S/c1-13-3-5-14(6-4-13)11-23(28(2,25)26)12-17(24)22-15-7-9-16(10-8-15)27-18(19,20)21/h3-10H,11-12H2,1-2H3,(H,22,24). The largest absolute Gasteiger partial charge is 0.573 e. The van der Waals surface area contributed by atoms with Gasteiger partial charge in [0.25, 0.3) is 0 Å². The van der Waals surface area contributed by atoms with Crippen LogP contribution < -0.4 is 10.1 Å². The Hall–Kier alpha value is -2.59. The lowest BCUT2D eigenvalue weighted by Gasteiger charge is -2.20. The summed E-state index contributed by atoms with van der Waals surface area (Å²) in [6, 6.07) is 11.7. The molecule has 152 valence electrons. The van der Waals surface area contributed by atoms with Crippen LogP contribution in [0.2, 0.25) is 0 Å². The number of alkyl halides is 3. The number of hydrogen-bond donors (Lipinski definition) is 1.